The third-order valence-corrected chi connectivity index (χ3v) is 4.96. The van der Waals surface area contributed by atoms with Gasteiger partial charge in [-0.25, -0.2) is 0 Å². The lowest BCUT2D eigenvalue weighted by Gasteiger charge is -2.35. The van der Waals surface area contributed by atoms with Crippen molar-refractivity contribution in [2.24, 2.45) is 11.8 Å². The van der Waals surface area contributed by atoms with Crippen LogP contribution in [0.1, 0.15) is 32.3 Å². The summed E-state index contributed by atoms with van der Waals surface area (Å²) in [6, 6.07) is 15.5. The molecule has 0 bridgehead atoms. The van der Waals surface area contributed by atoms with Gasteiger partial charge in [0, 0.05) is 6.07 Å². The highest BCUT2D eigenvalue weighted by Gasteiger charge is 2.31. The van der Waals surface area contributed by atoms with Crippen LogP contribution in [0.5, 0.6) is 17.2 Å². The first-order valence-corrected chi connectivity index (χ1v) is 9.87. The van der Waals surface area contributed by atoms with Crippen molar-refractivity contribution in [2.75, 3.05) is 13.2 Å². The van der Waals surface area contributed by atoms with Crippen LogP contribution in [-0.4, -0.2) is 30.4 Å². The molecule has 0 amide bonds. The summed E-state index contributed by atoms with van der Waals surface area (Å²) in [4.78, 5) is 11.0. The summed E-state index contributed by atoms with van der Waals surface area (Å²) in [5.41, 5.74) is 0.983. The maximum atomic E-state index is 11.0. The van der Waals surface area contributed by atoms with Gasteiger partial charge in [-0.2, -0.15) is 0 Å². The van der Waals surface area contributed by atoms with Crippen molar-refractivity contribution in [3.8, 4) is 17.2 Å². The van der Waals surface area contributed by atoms with E-state index in [0.717, 1.165) is 35.7 Å². The number of carbonyl (C=O) groups is 1. The molecule has 1 N–H and O–H groups in total. The van der Waals surface area contributed by atoms with Crippen LogP contribution in [0.2, 0.25) is 0 Å². The highest BCUT2D eigenvalue weighted by molar-refractivity contribution is 5.69. The molecular formula is C23H28O5. The molecule has 2 aromatic carbocycles. The molecule has 1 unspecified atom stereocenters. The Morgan fingerprint density at radius 1 is 1.07 bits per heavy atom. The monoisotopic (exact) mass is 384 g/mol. The van der Waals surface area contributed by atoms with Crippen molar-refractivity contribution in [3.63, 3.8) is 0 Å². The van der Waals surface area contributed by atoms with E-state index in [1.54, 1.807) is 6.92 Å². The number of benzene rings is 2. The van der Waals surface area contributed by atoms with E-state index in [0.29, 0.717) is 25.6 Å². The van der Waals surface area contributed by atoms with Crippen LogP contribution in [0, 0.1) is 11.8 Å². The smallest absolute Gasteiger partial charge is 0.306 e. The molecule has 1 aliphatic rings. The quantitative estimate of drug-likeness (QED) is 0.649. The van der Waals surface area contributed by atoms with E-state index in [1.807, 2.05) is 55.5 Å². The average Bonchev–Trinajstić information content (AvgIpc) is 2.64. The van der Waals surface area contributed by atoms with E-state index in [-0.39, 0.29) is 6.10 Å². The molecule has 0 heterocycles. The van der Waals surface area contributed by atoms with Crippen molar-refractivity contribution in [1.82, 2.24) is 0 Å². The van der Waals surface area contributed by atoms with Crippen LogP contribution in [0.15, 0.2) is 48.5 Å². The summed E-state index contributed by atoms with van der Waals surface area (Å²) < 4.78 is 17.4. The molecule has 0 saturated heterocycles. The second-order valence-corrected chi connectivity index (χ2v) is 7.39. The van der Waals surface area contributed by atoms with Crippen LogP contribution >= 0.6 is 0 Å². The van der Waals surface area contributed by atoms with Crippen molar-refractivity contribution < 1.29 is 24.1 Å². The minimum atomic E-state index is -0.779. The third kappa shape index (κ3) is 5.65. The van der Waals surface area contributed by atoms with Crippen LogP contribution in [0.25, 0.3) is 0 Å². The standard InChI is InChI=1S/C23H28O5/c1-3-26-20-8-5-9-21(14-20)28-22-12-18(13-22)15-27-19-7-4-6-17(11-19)10-16(2)23(24)25/h4-9,11,14,16,18,22H,3,10,12-13,15H2,1-2H3,(H,24,25). The zero-order chi connectivity index (χ0) is 19.9. The Bertz CT molecular complexity index is 782. The lowest BCUT2D eigenvalue weighted by atomic mass is 9.83. The van der Waals surface area contributed by atoms with E-state index in [1.165, 1.54) is 0 Å². The molecule has 1 aliphatic carbocycles. The molecule has 3 rings (SSSR count). The molecule has 0 spiro atoms. The summed E-state index contributed by atoms with van der Waals surface area (Å²) in [5, 5.41) is 9.05. The molecule has 1 atom stereocenters. The summed E-state index contributed by atoms with van der Waals surface area (Å²) >= 11 is 0. The Balaban J connectivity index is 1.42. The second kappa shape index (κ2) is 9.49. The predicted molar refractivity (Wildman–Crippen MR) is 107 cm³/mol. The van der Waals surface area contributed by atoms with Gasteiger partial charge in [0.05, 0.1) is 25.2 Å². The second-order valence-electron chi connectivity index (χ2n) is 7.39. The van der Waals surface area contributed by atoms with Gasteiger partial charge in [-0.3, -0.25) is 4.79 Å². The molecule has 0 radical (unpaired) electrons. The molecule has 5 heteroatoms. The Kier molecular flexibility index (Phi) is 6.80. The van der Waals surface area contributed by atoms with E-state index >= 15 is 0 Å². The van der Waals surface area contributed by atoms with Gasteiger partial charge in [0.2, 0.25) is 0 Å². The van der Waals surface area contributed by atoms with Crippen LogP contribution in [0.3, 0.4) is 0 Å². The topological polar surface area (TPSA) is 65.0 Å². The maximum absolute atomic E-state index is 11.0. The van der Waals surface area contributed by atoms with Gasteiger partial charge in [0.15, 0.2) is 0 Å². The fraction of sp³-hybridized carbons (Fsp3) is 0.435. The zero-order valence-electron chi connectivity index (χ0n) is 16.5. The molecular weight excluding hydrogens is 356 g/mol. The van der Waals surface area contributed by atoms with Gasteiger partial charge >= 0.3 is 5.97 Å². The Morgan fingerprint density at radius 3 is 2.46 bits per heavy atom. The van der Waals surface area contributed by atoms with Gasteiger partial charge in [-0.1, -0.05) is 25.1 Å². The highest BCUT2D eigenvalue weighted by Crippen LogP contribution is 2.33. The lowest BCUT2D eigenvalue weighted by Crippen LogP contribution is -2.37. The number of rotatable bonds is 10. The van der Waals surface area contributed by atoms with Crippen molar-refractivity contribution in [1.29, 1.82) is 0 Å². The van der Waals surface area contributed by atoms with Crippen LogP contribution < -0.4 is 14.2 Å². The third-order valence-electron chi connectivity index (χ3n) is 4.96. The van der Waals surface area contributed by atoms with Crippen LogP contribution in [-0.2, 0) is 11.2 Å². The van der Waals surface area contributed by atoms with Gasteiger partial charge in [-0.05, 0) is 61.9 Å². The number of hydrogen-bond acceptors (Lipinski definition) is 4. The van der Waals surface area contributed by atoms with Gasteiger partial charge in [0.1, 0.15) is 17.2 Å². The minimum absolute atomic E-state index is 0.216. The van der Waals surface area contributed by atoms with E-state index in [4.69, 9.17) is 19.3 Å². The normalized spacial score (nSPS) is 19.4. The predicted octanol–water partition coefficient (Wildman–Crippen LogP) is 4.58. The molecule has 0 aliphatic heterocycles. The molecule has 150 valence electrons. The molecule has 5 nitrogen and oxygen atoms in total. The largest absolute Gasteiger partial charge is 0.494 e. The lowest BCUT2D eigenvalue weighted by molar-refractivity contribution is -0.141. The molecule has 0 aromatic heterocycles. The van der Waals surface area contributed by atoms with Crippen molar-refractivity contribution in [3.05, 3.63) is 54.1 Å². The Labute approximate surface area is 166 Å². The fourth-order valence-corrected chi connectivity index (χ4v) is 3.32. The van der Waals surface area contributed by atoms with Gasteiger partial charge in [-0.15, -0.1) is 0 Å². The number of ether oxygens (including phenoxy) is 3. The molecule has 28 heavy (non-hydrogen) atoms. The zero-order valence-corrected chi connectivity index (χ0v) is 16.5. The Hall–Kier alpha value is -2.69. The first-order chi connectivity index (χ1) is 13.5. The van der Waals surface area contributed by atoms with Crippen molar-refractivity contribution in [2.45, 2.75) is 39.2 Å². The highest BCUT2D eigenvalue weighted by atomic mass is 16.5. The number of hydrogen-bond donors (Lipinski definition) is 1. The summed E-state index contributed by atoms with van der Waals surface area (Å²) in [6.07, 6.45) is 2.66. The van der Waals surface area contributed by atoms with Gasteiger partial charge in [0.25, 0.3) is 0 Å². The number of carboxylic acids is 1. The number of aliphatic carboxylic acids is 1. The maximum Gasteiger partial charge on any atom is 0.306 e. The van der Waals surface area contributed by atoms with E-state index in [2.05, 4.69) is 0 Å². The summed E-state index contributed by atoms with van der Waals surface area (Å²) in [5.74, 6) is 1.76. The van der Waals surface area contributed by atoms with E-state index in [9.17, 15) is 4.79 Å². The number of carboxylic acid groups (broad SMARTS) is 1. The summed E-state index contributed by atoms with van der Waals surface area (Å²) in [6.45, 7) is 4.97. The minimum Gasteiger partial charge on any atom is -0.494 e. The van der Waals surface area contributed by atoms with Crippen LogP contribution in [0.4, 0.5) is 0 Å². The molecule has 2 aromatic rings. The molecule has 1 fully saturated rings. The SMILES string of the molecule is CCOc1cccc(OC2CC(COc3cccc(CC(C)C(=O)O)c3)C2)c1. The summed E-state index contributed by atoms with van der Waals surface area (Å²) in [7, 11) is 0. The first-order valence-electron chi connectivity index (χ1n) is 9.87. The molecule has 1 saturated carbocycles. The average molecular weight is 384 g/mol. The first kappa shape index (κ1) is 20.1. The fourth-order valence-electron chi connectivity index (χ4n) is 3.32. The van der Waals surface area contributed by atoms with Crippen molar-refractivity contribution >= 4 is 5.97 Å². The Morgan fingerprint density at radius 2 is 1.75 bits per heavy atom. The van der Waals surface area contributed by atoms with E-state index < -0.39 is 11.9 Å². The van der Waals surface area contributed by atoms with Gasteiger partial charge < -0.3 is 19.3 Å².